The summed E-state index contributed by atoms with van der Waals surface area (Å²) in [5, 5.41) is 2.88. The molecule has 0 aliphatic heterocycles. The lowest BCUT2D eigenvalue weighted by molar-refractivity contribution is -0.121. The SMILES string of the molecule is COC(=O)c1cc(NC(=O)C2CCC(C3CCCC3)CC2)cc(C(=O)OC)c1. The van der Waals surface area contributed by atoms with Crippen LogP contribution in [-0.4, -0.2) is 32.1 Å². The molecule has 1 amide bonds. The molecule has 2 aliphatic carbocycles. The topological polar surface area (TPSA) is 81.7 Å². The molecule has 6 heteroatoms. The number of nitrogens with one attached hydrogen (secondary N) is 1. The summed E-state index contributed by atoms with van der Waals surface area (Å²) < 4.78 is 9.48. The number of carbonyl (C=O) groups is 3. The summed E-state index contributed by atoms with van der Waals surface area (Å²) in [6, 6.07) is 4.46. The molecule has 0 radical (unpaired) electrons. The molecular weight excluding hydrogens is 358 g/mol. The van der Waals surface area contributed by atoms with E-state index in [0.717, 1.165) is 37.5 Å². The molecule has 3 rings (SSSR count). The van der Waals surface area contributed by atoms with Crippen molar-refractivity contribution >= 4 is 23.5 Å². The summed E-state index contributed by atoms with van der Waals surface area (Å²) in [5.74, 6) is 0.392. The van der Waals surface area contributed by atoms with E-state index >= 15 is 0 Å². The van der Waals surface area contributed by atoms with Crippen LogP contribution < -0.4 is 5.32 Å². The van der Waals surface area contributed by atoms with Gasteiger partial charge in [0.05, 0.1) is 25.3 Å². The number of amides is 1. The number of carbonyl (C=O) groups excluding carboxylic acids is 3. The van der Waals surface area contributed by atoms with E-state index in [9.17, 15) is 14.4 Å². The van der Waals surface area contributed by atoms with Crippen LogP contribution in [0.4, 0.5) is 5.69 Å². The Bertz CT molecular complexity index is 696. The third-order valence-electron chi connectivity index (χ3n) is 6.25. The van der Waals surface area contributed by atoms with Crippen LogP contribution in [0.5, 0.6) is 0 Å². The molecule has 0 spiro atoms. The number of hydrogen-bond acceptors (Lipinski definition) is 5. The third kappa shape index (κ3) is 4.72. The molecule has 2 saturated carbocycles. The Morgan fingerprint density at radius 1 is 0.786 bits per heavy atom. The molecule has 1 N–H and O–H groups in total. The van der Waals surface area contributed by atoms with E-state index < -0.39 is 11.9 Å². The lowest BCUT2D eigenvalue weighted by Gasteiger charge is -2.31. The van der Waals surface area contributed by atoms with E-state index in [1.807, 2.05) is 0 Å². The van der Waals surface area contributed by atoms with Crippen LogP contribution in [0, 0.1) is 17.8 Å². The molecule has 0 bridgehead atoms. The fraction of sp³-hybridized carbons (Fsp3) is 0.591. The van der Waals surface area contributed by atoms with Gasteiger partial charge in [-0.1, -0.05) is 25.7 Å². The first kappa shape index (κ1) is 20.4. The Balaban J connectivity index is 1.66. The standard InChI is InChI=1S/C22H29NO5/c1-27-21(25)17-11-18(22(26)28-2)13-19(12-17)23-20(24)16-9-7-15(8-10-16)14-5-3-4-6-14/h11-16H,3-10H2,1-2H3,(H,23,24). The molecule has 152 valence electrons. The van der Waals surface area contributed by atoms with E-state index in [2.05, 4.69) is 5.32 Å². The second-order valence-corrected chi connectivity index (χ2v) is 7.93. The average Bonchev–Trinajstić information content (AvgIpc) is 3.27. The summed E-state index contributed by atoms with van der Waals surface area (Å²) in [6.07, 6.45) is 9.41. The van der Waals surface area contributed by atoms with Crippen molar-refractivity contribution in [1.82, 2.24) is 0 Å². The maximum atomic E-state index is 12.8. The van der Waals surface area contributed by atoms with Crippen molar-refractivity contribution in [2.24, 2.45) is 17.8 Å². The monoisotopic (exact) mass is 387 g/mol. The van der Waals surface area contributed by atoms with Crippen molar-refractivity contribution < 1.29 is 23.9 Å². The molecule has 0 saturated heterocycles. The Labute approximate surface area is 166 Å². The lowest BCUT2D eigenvalue weighted by Crippen LogP contribution is -2.29. The highest BCUT2D eigenvalue weighted by Gasteiger charge is 2.32. The zero-order valence-corrected chi connectivity index (χ0v) is 16.7. The van der Waals surface area contributed by atoms with Crippen LogP contribution in [0.3, 0.4) is 0 Å². The summed E-state index contributed by atoms with van der Waals surface area (Å²) in [5.41, 5.74) is 0.808. The number of rotatable bonds is 5. The molecule has 28 heavy (non-hydrogen) atoms. The number of ether oxygens (including phenoxy) is 2. The van der Waals surface area contributed by atoms with Gasteiger partial charge in [-0.25, -0.2) is 9.59 Å². The van der Waals surface area contributed by atoms with E-state index in [1.165, 1.54) is 58.1 Å². The molecule has 6 nitrogen and oxygen atoms in total. The van der Waals surface area contributed by atoms with Crippen molar-refractivity contribution in [1.29, 1.82) is 0 Å². The van der Waals surface area contributed by atoms with Crippen molar-refractivity contribution in [2.45, 2.75) is 51.4 Å². The minimum absolute atomic E-state index is 0.0268. The number of esters is 2. The first-order valence-electron chi connectivity index (χ1n) is 10.1. The van der Waals surface area contributed by atoms with Gasteiger partial charge < -0.3 is 14.8 Å². The first-order chi connectivity index (χ1) is 13.5. The van der Waals surface area contributed by atoms with Crippen LogP contribution >= 0.6 is 0 Å². The van der Waals surface area contributed by atoms with Gasteiger partial charge in [0.2, 0.25) is 5.91 Å². The van der Waals surface area contributed by atoms with Crippen LogP contribution in [-0.2, 0) is 14.3 Å². The van der Waals surface area contributed by atoms with Gasteiger partial charge in [0.1, 0.15) is 0 Å². The molecule has 2 aliphatic rings. The predicted octanol–water partition coefficient (Wildman–Crippen LogP) is 4.19. The van der Waals surface area contributed by atoms with Gasteiger partial charge in [-0.2, -0.15) is 0 Å². The van der Waals surface area contributed by atoms with Crippen molar-refractivity contribution in [2.75, 3.05) is 19.5 Å². The fourth-order valence-corrected chi connectivity index (χ4v) is 4.70. The van der Waals surface area contributed by atoms with Crippen molar-refractivity contribution in [3.8, 4) is 0 Å². The van der Waals surface area contributed by atoms with Gasteiger partial charge in [0.25, 0.3) is 0 Å². The molecular formula is C22H29NO5. The lowest BCUT2D eigenvalue weighted by atomic mass is 9.75. The van der Waals surface area contributed by atoms with Crippen molar-refractivity contribution in [3.05, 3.63) is 29.3 Å². The van der Waals surface area contributed by atoms with Gasteiger partial charge in [0.15, 0.2) is 0 Å². The number of methoxy groups -OCH3 is 2. The van der Waals surface area contributed by atoms with E-state index in [1.54, 1.807) is 0 Å². The largest absolute Gasteiger partial charge is 0.465 e. The van der Waals surface area contributed by atoms with E-state index in [-0.39, 0.29) is 23.0 Å². The van der Waals surface area contributed by atoms with Gasteiger partial charge in [-0.15, -0.1) is 0 Å². The molecule has 0 heterocycles. The highest BCUT2D eigenvalue weighted by atomic mass is 16.5. The predicted molar refractivity (Wildman–Crippen MR) is 105 cm³/mol. The van der Waals surface area contributed by atoms with Crippen LogP contribution in [0.25, 0.3) is 0 Å². The maximum absolute atomic E-state index is 12.8. The summed E-state index contributed by atoms with van der Waals surface area (Å²) in [6.45, 7) is 0. The second-order valence-electron chi connectivity index (χ2n) is 7.93. The van der Waals surface area contributed by atoms with Gasteiger partial charge >= 0.3 is 11.9 Å². The fourth-order valence-electron chi connectivity index (χ4n) is 4.70. The quantitative estimate of drug-likeness (QED) is 0.766. The molecule has 0 atom stereocenters. The Kier molecular flexibility index (Phi) is 6.70. The molecule has 1 aromatic carbocycles. The molecule has 0 unspecified atom stereocenters. The minimum Gasteiger partial charge on any atom is -0.465 e. The van der Waals surface area contributed by atoms with Gasteiger partial charge in [-0.3, -0.25) is 4.79 Å². The molecule has 1 aromatic rings. The highest BCUT2D eigenvalue weighted by Crippen LogP contribution is 2.41. The number of anilines is 1. The second kappa shape index (κ2) is 9.22. The first-order valence-corrected chi connectivity index (χ1v) is 10.1. The van der Waals surface area contributed by atoms with Gasteiger partial charge in [-0.05, 0) is 55.7 Å². The Morgan fingerprint density at radius 3 is 1.79 bits per heavy atom. The van der Waals surface area contributed by atoms with Crippen LogP contribution in [0.2, 0.25) is 0 Å². The Hall–Kier alpha value is -2.37. The van der Waals surface area contributed by atoms with Crippen molar-refractivity contribution in [3.63, 3.8) is 0 Å². The summed E-state index contributed by atoms with van der Waals surface area (Å²) >= 11 is 0. The smallest absolute Gasteiger partial charge is 0.337 e. The average molecular weight is 387 g/mol. The highest BCUT2D eigenvalue weighted by molar-refractivity contribution is 5.99. The third-order valence-corrected chi connectivity index (χ3v) is 6.25. The Morgan fingerprint density at radius 2 is 1.29 bits per heavy atom. The maximum Gasteiger partial charge on any atom is 0.337 e. The molecule has 0 aromatic heterocycles. The minimum atomic E-state index is -0.571. The zero-order valence-electron chi connectivity index (χ0n) is 16.7. The summed E-state index contributed by atoms with van der Waals surface area (Å²) in [7, 11) is 2.54. The van der Waals surface area contributed by atoms with E-state index in [4.69, 9.17) is 9.47 Å². The number of benzene rings is 1. The zero-order chi connectivity index (χ0) is 20.1. The van der Waals surface area contributed by atoms with Gasteiger partial charge in [0, 0.05) is 11.6 Å². The number of hydrogen-bond donors (Lipinski definition) is 1. The van der Waals surface area contributed by atoms with Crippen LogP contribution in [0.15, 0.2) is 18.2 Å². The summed E-state index contributed by atoms with van der Waals surface area (Å²) in [4.78, 5) is 36.5. The van der Waals surface area contributed by atoms with E-state index in [0.29, 0.717) is 5.69 Å². The van der Waals surface area contributed by atoms with Crippen LogP contribution in [0.1, 0.15) is 72.1 Å². The molecule has 2 fully saturated rings. The normalized spacial score (nSPS) is 22.5.